The lowest BCUT2D eigenvalue weighted by Crippen LogP contribution is -2.34. The summed E-state index contributed by atoms with van der Waals surface area (Å²) >= 11 is 3.36. The van der Waals surface area contributed by atoms with Crippen molar-refractivity contribution < 1.29 is 13.2 Å². The Labute approximate surface area is 131 Å². The SMILES string of the molecule is NNC(c1cc(C(F)(F)F)ccc1Br)C1CCCCCC1. The number of rotatable bonds is 3. The zero-order valence-electron chi connectivity index (χ0n) is 11.7. The first-order chi connectivity index (χ1) is 9.93. The Balaban J connectivity index is 2.32. The minimum absolute atomic E-state index is 0.250. The maximum Gasteiger partial charge on any atom is 0.416 e. The summed E-state index contributed by atoms with van der Waals surface area (Å²) in [4.78, 5) is 0. The van der Waals surface area contributed by atoms with Crippen LogP contribution < -0.4 is 11.3 Å². The quantitative estimate of drug-likeness (QED) is 0.452. The van der Waals surface area contributed by atoms with Gasteiger partial charge < -0.3 is 0 Å². The molecule has 118 valence electrons. The van der Waals surface area contributed by atoms with Crippen molar-refractivity contribution in [2.45, 2.75) is 50.7 Å². The first kappa shape index (κ1) is 16.8. The highest BCUT2D eigenvalue weighted by Gasteiger charge is 2.33. The minimum Gasteiger partial charge on any atom is -0.271 e. The average molecular weight is 365 g/mol. The summed E-state index contributed by atoms with van der Waals surface area (Å²) < 4.78 is 39.4. The fourth-order valence-corrected chi connectivity index (χ4v) is 3.58. The summed E-state index contributed by atoms with van der Waals surface area (Å²) in [5.74, 6) is 5.94. The lowest BCUT2D eigenvalue weighted by Gasteiger charge is -2.27. The smallest absolute Gasteiger partial charge is 0.271 e. The van der Waals surface area contributed by atoms with Crippen LogP contribution in [0.1, 0.15) is 55.7 Å². The van der Waals surface area contributed by atoms with E-state index in [0.29, 0.717) is 10.0 Å². The van der Waals surface area contributed by atoms with Gasteiger partial charge in [-0.3, -0.25) is 11.3 Å². The fourth-order valence-electron chi connectivity index (χ4n) is 3.08. The van der Waals surface area contributed by atoms with Gasteiger partial charge in [-0.2, -0.15) is 13.2 Å². The highest BCUT2D eigenvalue weighted by molar-refractivity contribution is 9.10. The van der Waals surface area contributed by atoms with E-state index in [4.69, 9.17) is 5.84 Å². The van der Waals surface area contributed by atoms with Gasteiger partial charge in [0.1, 0.15) is 0 Å². The van der Waals surface area contributed by atoms with Crippen LogP contribution in [0.4, 0.5) is 13.2 Å². The van der Waals surface area contributed by atoms with Gasteiger partial charge in [-0.15, -0.1) is 0 Å². The van der Waals surface area contributed by atoms with Gasteiger partial charge >= 0.3 is 6.18 Å². The molecule has 2 rings (SSSR count). The number of nitrogens with two attached hydrogens (primary N) is 1. The van der Waals surface area contributed by atoms with E-state index >= 15 is 0 Å². The Morgan fingerprint density at radius 3 is 2.29 bits per heavy atom. The number of alkyl halides is 3. The van der Waals surface area contributed by atoms with Crippen molar-refractivity contribution in [2.24, 2.45) is 11.8 Å². The molecule has 1 aliphatic rings. The van der Waals surface area contributed by atoms with Crippen molar-refractivity contribution in [3.63, 3.8) is 0 Å². The van der Waals surface area contributed by atoms with Gasteiger partial charge in [0.05, 0.1) is 5.56 Å². The van der Waals surface area contributed by atoms with Crippen molar-refractivity contribution in [1.29, 1.82) is 0 Å². The molecule has 21 heavy (non-hydrogen) atoms. The standard InChI is InChI=1S/C15H20BrF3N2/c16-13-8-7-11(15(17,18)19)9-12(13)14(21-20)10-5-3-1-2-4-6-10/h7-10,14,21H,1-6,20H2. The summed E-state index contributed by atoms with van der Waals surface area (Å²) in [6, 6.07) is 3.51. The first-order valence-electron chi connectivity index (χ1n) is 7.26. The summed E-state index contributed by atoms with van der Waals surface area (Å²) in [6.45, 7) is 0. The Bertz CT molecular complexity index is 468. The second-order valence-electron chi connectivity index (χ2n) is 5.63. The van der Waals surface area contributed by atoms with Crippen molar-refractivity contribution >= 4 is 15.9 Å². The number of benzene rings is 1. The topological polar surface area (TPSA) is 38.0 Å². The molecule has 2 nitrogen and oxygen atoms in total. The minimum atomic E-state index is -4.34. The van der Waals surface area contributed by atoms with Crippen LogP contribution in [0.15, 0.2) is 22.7 Å². The fraction of sp³-hybridized carbons (Fsp3) is 0.600. The van der Waals surface area contributed by atoms with Crippen molar-refractivity contribution in [1.82, 2.24) is 5.43 Å². The molecule has 0 bridgehead atoms. The zero-order chi connectivity index (χ0) is 15.5. The van der Waals surface area contributed by atoms with Crippen LogP contribution in [0.3, 0.4) is 0 Å². The molecule has 3 N–H and O–H groups in total. The van der Waals surface area contributed by atoms with Gasteiger partial charge in [-0.25, -0.2) is 0 Å². The third-order valence-electron chi connectivity index (χ3n) is 4.21. The van der Waals surface area contributed by atoms with Gasteiger partial charge in [0.2, 0.25) is 0 Å². The van der Waals surface area contributed by atoms with Crippen molar-refractivity contribution in [3.05, 3.63) is 33.8 Å². The monoisotopic (exact) mass is 364 g/mol. The Hall–Kier alpha value is -0.590. The lowest BCUT2D eigenvalue weighted by atomic mass is 9.87. The summed E-state index contributed by atoms with van der Waals surface area (Å²) in [6.07, 6.45) is 2.26. The molecule has 0 radical (unpaired) electrons. The molecule has 1 unspecified atom stereocenters. The summed E-state index contributed by atoms with van der Waals surface area (Å²) in [7, 11) is 0. The highest BCUT2D eigenvalue weighted by Crippen LogP contribution is 2.39. The van der Waals surface area contributed by atoms with Crippen LogP contribution in [-0.2, 0) is 6.18 Å². The number of halogens is 4. The molecule has 0 saturated heterocycles. The number of hydrazine groups is 1. The molecule has 6 heteroatoms. The largest absolute Gasteiger partial charge is 0.416 e. The van der Waals surface area contributed by atoms with Crippen LogP contribution in [-0.4, -0.2) is 0 Å². The van der Waals surface area contributed by atoms with E-state index in [9.17, 15) is 13.2 Å². The van der Waals surface area contributed by atoms with Crippen LogP contribution in [0.2, 0.25) is 0 Å². The van der Waals surface area contributed by atoms with Gasteiger partial charge in [-0.05, 0) is 42.5 Å². The molecular formula is C15H20BrF3N2. The van der Waals surface area contributed by atoms with E-state index in [1.165, 1.54) is 25.0 Å². The predicted octanol–water partition coefficient (Wildman–Crippen LogP) is 4.94. The van der Waals surface area contributed by atoms with E-state index in [1.54, 1.807) is 0 Å². The second kappa shape index (κ2) is 7.11. The third kappa shape index (κ3) is 4.20. The van der Waals surface area contributed by atoms with Crippen LogP contribution in [0, 0.1) is 5.92 Å². The summed E-state index contributed by atoms with van der Waals surface area (Å²) in [5.41, 5.74) is 2.70. The van der Waals surface area contributed by atoms with Crippen LogP contribution >= 0.6 is 15.9 Å². The second-order valence-corrected chi connectivity index (χ2v) is 6.48. The summed E-state index contributed by atoms with van der Waals surface area (Å²) in [5, 5.41) is 0. The number of hydrogen-bond donors (Lipinski definition) is 2. The van der Waals surface area contributed by atoms with Gasteiger partial charge in [0.15, 0.2) is 0 Å². The molecule has 0 amide bonds. The predicted molar refractivity (Wildman–Crippen MR) is 80.4 cm³/mol. The molecule has 0 aromatic heterocycles. The van der Waals surface area contributed by atoms with Gasteiger partial charge in [0.25, 0.3) is 0 Å². The molecule has 1 fully saturated rings. The average Bonchev–Trinajstić information content (AvgIpc) is 2.69. The van der Waals surface area contributed by atoms with E-state index in [2.05, 4.69) is 21.4 Å². The molecule has 1 aromatic carbocycles. The molecule has 1 aromatic rings. The van der Waals surface area contributed by atoms with Gasteiger partial charge in [-0.1, -0.05) is 41.6 Å². The Morgan fingerprint density at radius 2 is 1.76 bits per heavy atom. The lowest BCUT2D eigenvalue weighted by molar-refractivity contribution is -0.137. The molecular weight excluding hydrogens is 345 g/mol. The molecule has 0 spiro atoms. The van der Waals surface area contributed by atoms with Crippen LogP contribution in [0.5, 0.6) is 0 Å². The van der Waals surface area contributed by atoms with E-state index < -0.39 is 11.7 Å². The maximum absolute atomic E-state index is 12.9. The highest BCUT2D eigenvalue weighted by atomic mass is 79.9. The van der Waals surface area contributed by atoms with Crippen molar-refractivity contribution in [2.75, 3.05) is 0 Å². The Kier molecular flexibility index (Phi) is 5.68. The third-order valence-corrected chi connectivity index (χ3v) is 4.93. The van der Waals surface area contributed by atoms with Gasteiger partial charge in [0, 0.05) is 10.5 Å². The molecule has 0 heterocycles. The van der Waals surface area contributed by atoms with E-state index in [1.807, 2.05) is 0 Å². The van der Waals surface area contributed by atoms with E-state index in [0.717, 1.165) is 31.7 Å². The molecule has 1 aliphatic carbocycles. The maximum atomic E-state index is 12.9. The number of nitrogens with one attached hydrogen (secondary N) is 1. The Morgan fingerprint density at radius 1 is 1.14 bits per heavy atom. The normalized spacial score (nSPS) is 19.3. The number of hydrogen-bond acceptors (Lipinski definition) is 2. The molecule has 1 atom stereocenters. The zero-order valence-corrected chi connectivity index (χ0v) is 13.3. The van der Waals surface area contributed by atoms with Crippen LogP contribution in [0.25, 0.3) is 0 Å². The molecule has 1 saturated carbocycles. The van der Waals surface area contributed by atoms with E-state index in [-0.39, 0.29) is 12.0 Å². The van der Waals surface area contributed by atoms with Crippen molar-refractivity contribution in [3.8, 4) is 0 Å². The first-order valence-corrected chi connectivity index (χ1v) is 8.05. The molecule has 0 aliphatic heterocycles.